The molecule has 0 unspecified atom stereocenters. The first-order chi connectivity index (χ1) is 5.06. The van der Waals surface area contributed by atoms with Gasteiger partial charge in [0.05, 0.1) is 0 Å². The van der Waals surface area contributed by atoms with E-state index in [0.29, 0.717) is 0 Å². The van der Waals surface area contributed by atoms with Crippen molar-refractivity contribution in [2.45, 2.75) is 31.4 Å². The van der Waals surface area contributed by atoms with Crippen LogP contribution in [0.2, 0.25) is 5.25 Å². The Morgan fingerprint density at radius 2 is 2.00 bits per heavy atom. The van der Waals surface area contributed by atoms with E-state index in [4.69, 9.17) is 20.0 Å². The molecule has 0 aromatic heterocycles. The van der Waals surface area contributed by atoms with Crippen molar-refractivity contribution in [1.29, 1.82) is 0 Å². The Kier molecular flexibility index (Phi) is 7.65. The Hall–Kier alpha value is 1.34. The maximum atomic E-state index is 5.86. The van der Waals surface area contributed by atoms with Crippen molar-refractivity contribution in [2.24, 2.45) is 0 Å². The molecular formula is C7H13BrCl2Ge. The number of allylic oxidation sites excluding steroid dienone is 2. The van der Waals surface area contributed by atoms with Gasteiger partial charge in [-0.05, 0) is 0 Å². The Balaban J connectivity index is 3.30. The average Bonchev–Trinajstić information content (AvgIpc) is 1.85. The second-order valence-corrected chi connectivity index (χ2v) is 25.4. The molecular weight excluding hydrogens is 307 g/mol. The summed E-state index contributed by atoms with van der Waals surface area (Å²) in [5, 5.41) is 0.840. The van der Waals surface area contributed by atoms with Gasteiger partial charge in [0.2, 0.25) is 0 Å². The summed E-state index contributed by atoms with van der Waals surface area (Å²) in [5.74, 6) is 0. The zero-order valence-electron chi connectivity index (χ0n) is 6.62. The van der Waals surface area contributed by atoms with Crippen LogP contribution in [0.15, 0.2) is 12.2 Å². The van der Waals surface area contributed by atoms with E-state index in [1.54, 1.807) is 0 Å². The first-order valence-corrected chi connectivity index (χ1v) is 15.7. The van der Waals surface area contributed by atoms with E-state index in [0.717, 1.165) is 11.7 Å². The number of hydrogen-bond acceptors (Lipinski definition) is 0. The van der Waals surface area contributed by atoms with Gasteiger partial charge in [-0.3, -0.25) is 0 Å². The maximum absolute atomic E-state index is 5.86. The van der Waals surface area contributed by atoms with Crippen LogP contribution in [0.1, 0.15) is 26.2 Å². The Morgan fingerprint density at radius 1 is 1.36 bits per heavy atom. The molecule has 4 heteroatoms. The van der Waals surface area contributed by atoms with Crippen molar-refractivity contribution in [3.05, 3.63) is 12.2 Å². The average molecular weight is 321 g/mol. The first kappa shape index (κ1) is 12.3. The Bertz CT molecular complexity index is 120. The molecule has 0 heterocycles. The van der Waals surface area contributed by atoms with Crippen LogP contribution >= 0.6 is 34.0 Å². The third-order valence-corrected chi connectivity index (χ3v) is 5.99. The monoisotopic (exact) mass is 320 g/mol. The van der Waals surface area contributed by atoms with Crippen LogP contribution in [0.5, 0.6) is 0 Å². The van der Waals surface area contributed by atoms with Gasteiger partial charge in [-0.15, -0.1) is 0 Å². The molecule has 0 aliphatic heterocycles. The molecule has 0 amide bonds. The van der Waals surface area contributed by atoms with E-state index in [1.807, 2.05) is 0 Å². The van der Waals surface area contributed by atoms with E-state index in [-0.39, 0.29) is 0 Å². The zero-order valence-corrected chi connectivity index (χ0v) is 11.8. The summed E-state index contributed by atoms with van der Waals surface area (Å²) in [7, 11) is 9.24. The molecule has 66 valence electrons. The number of halogens is 3. The molecule has 0 fully saturated rings. The minimum absolute atomic E-state index is 0.840. The van der Waals surface area contributed by atoms with Crippen LogP contribution in [-0.4, -0.2) is 9.57 Å². The second-order valence-electron chi connectivity index (χ2n) is 2.43. The van der Waals surface area contributed by atoms with E-state index in [9.17, 15) is 0 Å². The molecule has 0 nitrogen and oxygen atoms in total. The molecule has 0 aromatic carbocycles. The van der Waals surface area contributed by atoms with Crippen LogP contribution < -0.4 is 0 Å². The summed E-state index contributed by atoms with van der Waals surface area (Å²) >= 11 is 3.31. The van der Waals surface area contributed by atoms with Gasteiger partial charge in [-0.1, -0.05) is 0 Å². The fourth-order valence-electron chi connectivity index (χ4n) is 0.657. The molecule has 11 heavy (non-hydrogen) atoms. The summed E-state index contributed by atoms with van der Waals surface area (Å²) in [5.41, 5.74) is 0. The summed E-state index contributed by atoms with van der Waals surface area (Å²) in [6, 6.07) is 0. The van der Waals surface area contributed by atoms with E-state index < -0.39 is 9.57 Å². The Morgan fingerprint density at radius 3 is 2.45 bits per heavy atom. The molecule has 0 atom stereocenters. The first-order valence-electron chi connectivity index (χ1n) is 3.78. The molecule has 0 aliphatic carbocycles. The van der Waals surface area contributed by atoms with Crippen LogP contribution in [0.3, 0.4) is 0 Å². The topological polar surface area (TPSA) is 0 Å². The van der Waals surface area contributed by atoms with Gasteiger partial charge in [0.1, 0.15) is 0 Å². The van der Waals surface area contributed by atoms with Gasteiger partial charge in [0, 0.05) is 0 Å². The summed E-state index contributed by atoms with van der Waals surface area (Å²) in [4.78, 5) is 0. The molecule has 0 saturated carbocycles. The molecule has 0 N–H and O–H groups in total. The molecule has 0 rings (SSSR count). The van der Waals surface area contributed by atoms with Gasteiger partial charge in [-0.2, -0.15) is 0 Å². The van der Waals surface area contributed by atoms with Crippen molar-refractivity contribution in [2.75, 3.05) is 0 Å². The SMILES string of the molecule is CCCC/C=C/[CH2][Ge]([Cl])([Cl])[Br]. The quantitative estimate of drug-likeness (QED) is 0.396. The second kappa shape index (κ2) is 6.82. The Labute approximate surface area is 86.7 Å². The van der Waals surface area contributed by atoms with Gasteiger partial charge in [-0.25, -0.2) is 0 Å². The minimum atomic E-state index is -2.49. The van der Waals surface area contributed by atoms with Crippen molar-refractivity contribution in [3.8, 4) is 0 Å². The van der Waals surface area contributed by atoms with Gasteiger partial charge >= 0.3 is 87.2 Å². The van der Waals surface area contributed by atoms with Gasteiger partial charge in [0.25, 0.3) is 0 Å². The molecule has 0 bridgehead atoms. The number of unbranched alkanes of at least 4 members (excludes halogenated alkanes) is 2. The van der Waals surface area contributed by atoms with Gasteiger partial charge in [0.15, 0.2) is 0 Å². The zero-order chi connectivity index (χ0) is 8.74. The van der Waals surface area contributed by atoms with Crippen molar-refractivity contribution in [3.63, 3.8) is 0 Å². The van der Waals surface area contributed by atoms with Crippen molar-refractivity contribution < 1.29 is 0 Å². The third-order valence-electron chi connectivity index (χ3n) is 1.24. The predicted molar refractivity (Wildman–Crippen MR) is 59.9 cm³/mol. The molecule has 0 aromatic rings. The van der Waals surface area contributed by atoms with E-state index in [2.05, 4.69) is 33.1 Å². The molecule has 0 spiro atoms. The fraction of sp³-hybridized carbons (Fsp3) is 0.714. The van der Waals surface area contributed by atoms with Crippen LogP contribution in [0.4, 0.5) is 0 Å². The van der Waals surface area contributed by atoms with E-state index >= 15 is 0 Å². The number of hydrogen-bond donors (Lipinski definition) is 0. The van der Waals surface area contributed by atoms with Crippen LogP contribution in [0.25, 0.3) is 0 Å². The summed E-state index contributed by atoms with van der Waals surface area (Å²) in [6.45, 7) is 2.18. The standard InChI is InChI=1S/C7H13BrCl2Ge/c1-2-3-4-5-6-7-11(8,9)10/h5-6H,2-4,7H2,1H3/b6-5+. The molecule has 0 aliphatic rings. The van der Waals surface area contributed by atoms with E-state index in [1.165, 1.54) is 12.8 Å². The van der Waals surface area contributed by atoms with Crippen LogP contribution in [-0.2, 0) is 0 Å². The fourth-order valence-corrected chi connectivity index (χ4v) is 3.46. The molecule has 0 saturated heterocycles. The van der Waals surface area contributed by atoms with Crippen LogP contribution in [0, 0.1) is 0 Å². The predicted octanol–water partition coefficient (Wildman–Crippen LogP) is 4.54. The third kappa shape index (κ3) is 11.3. The molecule has 0 radical (unpaired) electrons. The number of rotatable bonds is 5. The normalized spacial score (nSPS) is 12.7. The summed E-state index contributed by atoms with van der Waals surface area (Å²) in [6.07, 6.45) is 7.89. The summed E-state index contributed by atoms with van der Waals surface area (Å²) < 4.78 is 0. The van der Waals surface area contributed by atoms with Gasteiger partial charge < -0.3 is 0 Å². The van der Waals surface area contributed by atoms with Crippen molar-refractivity contribution in [1.82, 2.24) is 0 Å². The van der Waals surface area contributed by atoms with Crippen molar-refractivity contribution >= 4 is 43.6 Å².